The molecular weight excluding hydrogens is 448 g/mol. The predicted octanol–water partition coefficient (Wildman–Crippen LogP) is 4.47. The van der Waals surface area contributed by atoms with E-state index in [2.05, 4.69) is 0 Å². The van der Waals surface area contributed by atoms with Crippen LogP contribution in [0.15, 0.2) is 91.0 Å². The molecule has 1 heterocycles. The van der Waals surface area contributed by atoms with Gasteiger partial charge >= 0.3 is 17.9 Å². The lowest BCUT2D eigenvalue weighted by molar-refractivity contribution is -0.0449. The van der Waals surface area contributed by atoms with Gasteiger partial charge in [-0.3, -0.25) is 0 Å². The van der Waals surface area contributed by atoms with E-state index in [4.69, 9.17) is 18.9 Å². The summed E-state index contributed by atoms with van der Waals surface area (Å²) >= 11 is 0. The molecule has 180 valence electrons. The molecule has 1 aliphatic rings. The lowest BCUT2D eigenvalue weighted by Crippen LogP contribution is -2.41. The van der Waals surface area contributed by atoms with Gasteiger partial charge in [-0.1, -0.05) is 61.5 Å². The van der Waals surface area contributed by atoms with E-state index in [1.165, 1.54) is 0 Å². The first-order chi connectivity index (χ1) is 17.1. The van der Waals surface area contributed by atoms with Gasteiger partial charge in [0.15, 0.2) is 12.2 Å². The molecule has 1 saturated heterocycles. The van der Waals surface area contributed by atoms with Crippen molar-refractivity contribution in [1.82, 2.24) is 0 Å². The van der Waals surface area contributed by atoms with Crippen molar-refractivity contribution in [3.05, 3.63) is 108 Å². The standard InChI is InChI=1S/C28H26O7/c1-2-22-24(34-27(30)20-14-8-4-9-15-20)25(35-28(31)21-16-10-5-11-17-21)23(33-22)18-32-26(29)19-12-6-3-7-13-19/h3-17,22-25H,2,18H2,1H3/t22?,23-,24+,25-/m1/s1. The maximum Gasteiger partial charge on any atom is 0.338 e. The summed E-state index contributed by atoms with van der Waals surface area (Å²) < 4.78 is 23.1. The smallest absolute Gasteiger partial charge is 0.338 e. The van der Waals surface area contributed by atoms with Crippen molar-refractivity contribution in [2.24, 2.45) is 0 Å². The molecular formula is C28H26O7. The summed E-state index contributed by atoms with van der Waals surface area (Å²) in [4.78, 5) is 38.2. The van der Waals surface area contributed by atoms with E-state index < -0.39 is 42.3 Å². The Labute approximate surface area is 203 Å². The Hall–Kier alpha value is -3.97. The molecule has 0 aliphatic carbocycles. The van der Waals surface area contributed by atoms with Gasteiger partial charge in [0.1, 0.15) is 12.7 Å². The topological polar surface area (TPSA) is 88.1 Å². The van der Waals surface area contributed by atoms with Crippen LogP contribution in [-0.2, 0) is 18.9 Å². The van der Waals surface area contributed by atoms with Crippen LogP contribution in [0.1, 0.15) is 44.4 Å². The molecule has 7 heteroatoms. The van der Waals surface area contributed by atoms with Gasteiger partial charge in [-0.05, 0) is 42.8 Å². The molecule has 0 aromatic heterocycles. The summed E-state index contributed by atoms with van der Waals surface area (Å²) in [6.07, 6.45) is -2.70. The zero-order chi connectivity index (χ0) is 24.6. The number of hydrogen-bond donors (Lipinski definition) is 0. The van der Waals surface area contributed by atoms with Crippen LogP contribution in [-0.4, -0.2) is 48.9 Å². The Morgan fingerprint density at radius 1 is 0.629 bits per heavy atom. The van der Waals surface area contributed by atoms with E-state index in [-0.39, 0.29) is 6.61 Å². The fourth-order valence-corrected chi connectivity index (χ4v) is 3.90. The minimum Gasteiger partial charge on any atom is -0.459 e. The second-order valence-corrected chi connectivity index (χ2v) is 8.06. The van der Waals surface area contributed by atoms with E-state index in [1.54, 1.807) is 91.0 Å². The second-order valence-electron chi connectivity index (χ2n) is 8.06. The molecule has 4 rings (SSSR count). The zero-order valence-corrected chi connectivity index (χ0v) is 19.2. The van der Waals surface area contributed by atoms with Gasteiger partial charge < -0.3 is 18.9 Å². The minimum atomic E-state index is -0.969. The number of rotatable bonds is 8. The monoisotopic (exact) mass is 474 g/mol. The normalized spacial score (nSPS) is 21.2. The molecule has 0 saturated carbocycles. The van der Waals surface area contributed by atoms with Crippen LogP contribution in [0.4, 0.5) is 0 Å². The highest BCUT2D eigenvalue weighted by Crippen LogP contribution is 2.30. The Morgan fingerprint density at radius 3 is 1.46 bits per heavy atom. The minimum absolute atomic E-state index is 0.170. The molecule has 1 fully saturated rings. The Bertz CT molecular complexity index is 1130. The number of esters is 3. The van der Waals surface area contributed by atoms with Crippen molar-refractivity contribution in [2.45, 2.75) is 37.8 Å². The number of ether oxygens (including phenoxy) is 4. The van der Waals surface area contributed by atoms with Gasteiger partial charge in [-0.15, -0.1) is 0 Å². The summed E-state index contributed by atoms with van der Waals surface area (Å²) in [6.45, 7) is 1.71. The van der Waals surface area contributed by atoms with Gasteiger partial charge in [0.2, 0.25) is 0 Å². The fraction of sp³-hybridized carbons (Fsp3) is 0.250. The molecule has 35 heavy (non-hydrogen) atoms. The van der Waals surface area contributed by atoms with Crippen molar-refractivity contribution in [2.75, 3.05) is 6.61 Å². The lowest BCUT2D eigenvalue weighted by atomic mass is 10.1. The zero-order valence-electron chi connectivity index (χ0n) is 19.2. The van der Waals surface area contributed by atoms with Gasteiger partial charge in [-0.25, -0.2) is 14.4 Å². The molecule has 1 unspecified atom stereocenters. The molecule has 0 spiro atoms. The molecule has 3 aromatic rings. The molecule has 0 amide bonds. The largest absolute Gasteiger partial charge is 0.459 e. The van der Waals surface area contributed by atoms with Crippen LogP contribution in [0.25, 0.3) is 0 Å². The Kier molecular flexibility index (Phi) is 7.90. The van der Waals surface area contributed by atoms with Crippen molar-refractivity contribution in [3.63, 3.8) is 0 Å². The maximum atomic E-state index is 12.9. The van der Waals surface area contributed by atoms with Crippen LogP contribution in [0.3, 0.4) is 0 Å². The number of carbonyl (C=O) groups excluding carboxylic acids is 3. The highest BCUT2D eigenvalue weighted by Gasteiger charge is 2.49. The lowest BCUT2D eigenvalue weighted by Gasteiger charge is -2.24. The second kappa shape index (κ2) is 11.4. The average molecular weight is 475 g/mol. The third-order valence-electron chi connectivity index (χ3n) is 5.70. The van der Waals surface area contributed by atoms with Crippen molar-refractivity contribution in [3.8, 4) is 0 Å². The van der Waals surface area contributed by atoms with Gasteiger partial charge in [-0.2, -0.15) is 0 Å². The highest BCUT2D eigenvalue weighted by atomic mass is 16.6. The van der Waals surface area contributed by atoms with Crippen molar-refractivity contribution >= 4 is 17.9 Å². The van der Waals surface area contributed by atoms with Crippen molar-refractivity contribution in [1.29, 1.82) is 0 Å². The van der Waals surface area contributed by atoms with Crippen LogP contribution >= 0.6 is 0 Å². The number of carbonyl (C=O) groups is 3. The first kappa shape index (κ1) is 24.2. The molecule has 1 aliphatic heterocycles. The number of benzene rings is 3. The third-order valence-corrected chi connectivity index (χ3v) is 5.70. The third kappa shape index (κ3) is 5.94. The van der Waals surface area contributed by atoms with Gasteiger partial charge in [0.25, 0.3) is 0 Å². The fourth-order valence-electron chi connectivity index (χ4n) is 3.90. The predicted molar refractivity (Wildman–Crippen MR) is 127 cm³/mol. The molecule has 4 atom stereocenters. The summed E-state index contributed by atoms with van der Waals surface area (Å²) in [7, 11) is 0. The van der Waals surface area contributed by atoms with Crippen LogP contribution in [0, 0.1) is 0 Å². The van der Waals surface area contributed by atoms with Gasteiger partial charge in [0.05, 0.1) is 22.8 Å². The van der Waals surface area contributed by atoms with Crippen molar-refractivity contribution < 1.29 is 33.3 Å². The Balaban J connectivity index is 1.54. The SMILES string of the molecule is CCC1O[C@H](COC(=O)c2ccccc2)[C@@H](OC(=O)c2ccccc2)[C@H]1OC(=O)c1ccccc1. The van der Waals surface area contributed by atoms with E-state index in [1.807, 2.05) is 6.92 Å². The average Bonchev–Trinajstić information content (AvgIpc) is 3.24. The van der Waals surface area contributed by atoms with E-state index >= 15 is 0 Å². The molecule has 7 nitrogen and oxygen atoms in total. The summed E-state index contributed by atoms with van der Waals surface area (Å²) in [6, 6.07) is 25.6. The summed E-state index contributed by atoms with van der Waals surface area (Å²) in [5, 5.41) is 0. The van der Waals surface area contributed by atoms with Crippen LogP contribution in [0.2, 0.25) is 0 Å². The van der Waals surface area contributed by atoms with E-state index in [0.717, 1.165) is 0 Å². The summed E-state index contributed by atoms with van der Waals surface area (Å²) in [5.41, 5.74) is 1.11. The molecule has 0 N–H and O–H groups in total. The van der Waals surface area contributed by atoms with Crippen LogP contribution in [0.5, 0.6) is 0 Å². The summed E-state index contributed by atoms with van der Waals surface area (Å²) in [5.74, 6) is -1.67. The Morgan fingerprint density at radius 2 is 1.03 bits per heavy atom. The highest BCUT2D eigenvalue weighted by molar-refractivity contribution is 5.91. The van der Waals surface area contributed by atoms with Crippen LogP contribution < -0.4 is 0 Å². The van der Waals surface area contributed by atoms with E-state index in [9.17, 15) is 14.4 Å². The molecule has 0 radical (unpaired) electrons. The van der Waals surface area contributed by atoms with E-state index in [0.29, 0.717) is 23.1 Å². The van der Waals surface area contributed by atoms with Gasteiger partial charge in [0, 0.05) is 0 Å². The molecule has 0 bridgehead atoms. The quantitative estimate of drug-likeness (QED) is 0.352. The molecule has 3 aromatic carbocycles. The number of hydrogen-bond acceptors (Lipinski definition) is 7. The first-order valence-corrected chi connectivity index (χ1v) is 11.5. The maximum absolute atomic E-state index is 12.9. The first-order valence-electron chi connectivity index (χ1n) is 11.5.